The van der Waals surface area contributed by atoms with Crippen molar-refractivity contribution in [1.29, 1.82) is 0 Å². The van der Waals surface area contributed by atoms with E-state index >= 15 is 0 Å². The van der Waals surface area contributed by atoms with Crippen molar-refractivity contribution in [3.8, 4) is 0 Å². The minimum absolute atomic E-state index is 0.359. The summed E-state index contributed by atoms with van der Waals surface area (Å²) in [5, 5.41) is 0. The molecule has 0 aromatic heterocycles. The maximum absolute atomic E-state index is 13.2. The van der Waals surface area contributed by atoms with Gasteiger partial charge in [-0.2, -0.15) is 0 Å². The van der Waals surface area contributed by atoms with Crippen LogP contribution in [0.4, 0.5) is 0 Å². The average molecular weight is 445 g/mol. The Morgan fingerprint density at radius 3 is 1.76 bits per heavy atom. The zero-order chi connectivity index (χ0) is 23.5. The van der Waals surface area contributed by atoms with Crippen molar-refractivity contribution in [1.82, 2.24) is 0 Å². The molecule has 0 bridgehead atoms. The first-order valence-electron chi connectivity index (χ1n) is 11.7. The summed E-state index contributed by atoms with van der Waals surface area (Å²) in [6.45, 7) is 4.13. The lowest BCUT2D eigenvalue weighted by Gasteiger charge is -2.37. The molecule has 4 nitrogen and oxygen atoms in total. The summed E-state index contributed by atoms with van der Waals surface area (Å²) in [5.74, 6) is -0.737. The number of benzene rings is 3. The van der Waals surface area contributed by atoms with E-state index in [0.29, 0.717) is 30.4 Å². The molecule has 3 rings (SSSR count). The van der Waals surface area contributed by atoms with Crippen LogP contribution in [0, 0.1) is 0 Å². The minimum Gasteiger partial charge on any atom is -0.459 e. The second kappa shape index (κ2) is 12.0. The van der Waals surface area contributed by atoms with Gasteiger partial charge in [0.1, 0.15) is 11.7 Å². The van der Waals surface area contributed by atoms with Crippen LogP contribution < -0.4 is 0 Å². The lowest BCUT2D eigenvalue weighted by Crippen LogP contribution is -2.38. The standard InChI is InChI=1S/C29H32O4/c1-3-14-26(32-27(30)23-15-8-5-9-16-23)22-29(21-4-2,25-19-12-7-13-20-25)33-28(31)24-17-10-6-11-18-24/h5-13,15-20,26H,3-4,14,21-22H2,1-2H3. The van der Waals surface area contributed by atoms with Gasteiger partial charge in [0, 0.05) is 6.42 Å². The lowest BCUT2D eigenvalue weighted by molar-refractivity contribution is -0.0587. The molecule has 0 radical (unpaired) electrons. The van der Waals surface area contributed by atoms with Gasteiger partial charge in [-0.05, 0) is 42.7 Å². The zero-order valence-corrected chi connectivity index (χ0v) is 19.4. The highest BCUT2D eigenvalue weighted by atomic mass is 16.6. The van der Waals surface area contributed by atoms with Crippen LogP contribution in [0.15, 0.2) is 91.0 Å². The van der Waals surface area contributed by atoms with Crippen molar-refractivity contribution in [2.24, 2.45) is 0 Å². The molecule has 3 aromatic carbocycles. The summed E-state index contributed by atoms with van der Waals surface area (Å²) in [4.78, 5) is 26.0. The Balaban J connectivity index is 1.93. The molecule has 2 atom stereocenters. The quantitative estimate of drug-likeness (QED) is 0.300. The number of hydrogen-bond acceptors (Lipinski definition) is 4. The number of hydrogen-bond donors (Lipinski definition) is 0. The number of esters is 2. The normalized spacial score (nSPS) is 13.5. The molecular formula is C29H32O4. The Kier molecular flexibility index (Phi) is 8.82. The van der Waals surface area contributed by atoms with E-state index in [9.17, 15) is 9.59 Å². The topological polar surface area (TPSA) is 52.6 Å². The molecule has 0 fully saturated rings. The average Bonchev–Trinajstić information content (AvgIpc) is 2.86. The van der Waals surface area contributed by atoms with Gasteiger partial charge in [0.25, 0.3) is 0 Å². The van der Waals surface area contributed by atoms with Crippen molar-refractivity contribution < 1.29 is 19.1 Å². The van der Waals surface area contributed by atoms with E-state index in [4.69, 9.17) is 9.47 Å². The molecule has 0 aliphatic carbocycles. The van der Waals surface area contributed by atoms with E-state index < -0.39 is 11.7 Å². The summed E-state index contributed by atoms with van der Waals surface area (Å²) in [6, 6.07) is 27.8. The van der Waals surface area contributed by atoms with Crippen LogP contribution >= 0.6 is 0 Å². The first-order valence-corrected chi connectivity index (χ1v) is 11.7. The third kappa shape index (κ3) is 6.55. The largest absolute Gasteiger partial charge is 0.459 e. The van der Waals surface area contributed by atoms with Crippen LogP contribution in [0.3, 0.4) is 0 Å². The van der Waals surface area contributed by atoms with E-state index in [1.54, 1.807) is 24.3 Å². The number of rotatable bonds is 11. The summed E-state index contributed by atoms with van der Waals surface area (Å²) in [7, 11) is 0. The van der Waals surface area contributed by atoms with Crippen LogP contribution in [-0.2, 0) is 15.1 Å². The van der Waals surface area contributed by atoms with Gasteiger partial charge in [-0.3, -0.25) is 0 Å². The van der Waals surface area contributed by atoms with Crippen LogP contribution in [0.25, 0.3) is 0 Å². The maximum atomic E-state index is 13.2. The highest BCUT2D eigenvalue weighted by Crippen LogP contribution is 2.38. The van der Waals surface area contributed by atoms with Gasteiger partial charge in [0.15, 0.2) is 0 Å². The predicted molar refractivity (Wildman–Crippen MR) is 130 cm³/mol. The van der Waals surface area contributed by atoms with Crippen LogP contribution in [0.5, 0.6) is 0 Å². The fraction of sp³-hybridized carbons (Fsp3) is 0.310. The van der Waals surface area contributed by atoms with Crippen LogP contribution in [0.2, 0.25) is 0 Å². The van der Waals surface area contributed by atoms with E-state index in [1.165, 1.54) is 0 Å². The molecule has 0 spiro atoms. The van der Waals surface area contributed by atoms with Crippen molar-refractivity contribution >= 4 is 11.9 Å². The molecule has 172 valence electrons. The van der Waals surface area contributed by atoms with Crippen molar-refractivity contribution in [2.45, 2.75) is 57.7 Å². The maximum Gasteiger partial charge on any atom is 0.339 e. The Labute approximate surface area is 196 Å². The van der Waals surface area contributed by atoms with Crippen molar-refractivity contribution in [3.63, 3.8) is 0 Å². The Morgan fingerprint density at radius 1 is 0.727 bits per heavy atom. The number of ether oxygens (including phenoxy) is 2. The van der Waals surface area contributed by atoms with E-state index in [1.807, 2.05) is 66.7 Å². The van der Waals surface area contributed by atoms with E-state index in [2.05, 4.69) is 13.8 Å². The molecule has 33 heavy (non-hydrogen) atoms. The highest BCUT2D eigenvalue weighted by molar-refractivity contribution is 5.90. The molecule has 0 aliphatic rings. The fourth-order valence-corrected chi connectivity index (χ4v) is 4.16. The number of carbonyl (C=O) groups is 2. The highest BCUT2D eigenvalue weighted by Gasteiger charge is 2.39. The van der Waals surface area contributed by atoms with Gasteiger partial charge >= 0.3 is 11.9 Å². The van der Waals surface area contributed by atoms with E-state index in [-0.39, 0.29) is 11.9 Å². The van der Waals surface area contributed by atoms with E-state index in [0.717, 1.165) is 18.4 Å². The predicted octanol–water partition coefficient (Wildman–Crippen LogP) is 6.95. The van der Waals surface area contributed by atoms with Gasteiger partial charge < -0.3 is 9.47 Å². The summed E-state index contributed by atoms with van der Waals surface area (Å²) in [5.41, 5.74) is 1.02. The molecule has 2 unspecified atom stereocenters. The molecule has 0 amide bonds. The summed E-state index contributed by atoms with van der Waals surface area (Å²) in [6.07, 6.45) is 2.96. The van der Waals surface area contributed by atoms with Crippen LogP contribution in [0.1, 0.15) is 72.2 Å². The number of carbonyl (C=O) groups excluding carboxylic acids is 2. The molecule has 3 aromatic rings. The third-order valence-corrected chi connectivity index (χ3v) is 5.70. The van der Waals surface area contributed by atoms with Gasteiger partial charge in [0.2, 0.25) is 0 Å². The first kappa shape index (κ1) is 24.2. The van der Waals surface area contributed by atoms with Gasteiger partial charge in [0.05, 0.1) is 11.1 Å². The molecule has 4 heteroatoms. The minimum atomic E-state index is -0.903. The molecular weight excluding hydrogens is 412 g/mol. The van der Waals surface area contributed by atoms with Crippen LogP contribution in [-0.4, -0.2) is 18.0 Å². The second-order valence-corrected chi connectivity index (χ2v) is 8.25. The molecule has 0 heterocycles. The molecule has 0 aliphatic heterocycles. The molecule has 0 N–H and O–H groups in total. The van der Waals surface area contributed by atoms with Gasteiger partial charge in [-0.25, -0.2) is 9.59 Å². The van der Waals surface area contributed by atoms with Gasteiger partial charge in [-0.1, -0.05) is 93.4 Å². The Bertz CT molecular complexity index is 1000. The lowest BCUT2D eigenvalue weighted by atomic mass is 9.83. The van der Waals surface area contributed by atoms with Gasteiger partial charge in [-0.15, -0.1) is 0 Å². The SMILES string of the molecule is CCCC(CC(CCC)(OC(=O)c1ccccc1)c1ccccc1)OC(=O)c1ccccc1. The first-order chi connectivity index (χ1) is 16.1. The van der Waals surface area contributed by atoms with Crippen molar-refractivity contribution in [3.05, 3.63) is 108 Å². The smallest absolute Gasteiger partial charge is 0.339 e. The Morgan fingerprint density at radius 2 is 1.24 bits per heavy atom. The second-order valence-electron chi connectivity index (χ2n) is 8.25. The molecule has 0 saturated heterocycles. The Hall–Kier alpha value is -3.40. The third-order valence-electron chi connectivity index (χ3n) is 5.70. The monoisotopic (exact) mass is 444 g/mol. The zero-order valence-electron chi connectivity index (χ0n) is 19.4. The fourth-order valence-electron chi connectivity index (χ4n) is 4.16. The summed E-state index contributed by atoms with van der Waals surface area (Å²) < 4.78 is 12.2. The van der Waals surface area contributed by atoms with Crippen molar-refractivity contribution in [2.75, 3.05) is 0 Å². The molecule has 0 saturated carbocycles. The summed E-state index contributed by atoms with van der Waals surface area (Å²) >= 11 is 0.